The largest absolute Gasteiger partial charge is 0.325 e. The molecule has 0 saturated carbocycles. The predicted molar refractivity (Wildman–Crippen MR) is 110 cm³/mol. The molecule has 2 heterocycles. The lowest BCUT2D eigenvalue weighted by Gasteiger charge is -2.34. The lowest BCUT2D eigenvalue weighted by molar-refractivity contribution is -0.119. The van der Waals surface area contributed by atoms with E-state index in [4.69, 9.17) is 0 Å². The number of benzene rings is 1. The Morgan fingerprint density at radius 1 is 1.24 bits per heavy atom. The van der Waals surface area contributed by atoms with Gasteiger partial charge in [-0.3, -0.25) is 4.79 Å². The number of nitrogens with one attached hydrogen (secondary N) is 2. The highest BCUT2D eigenvalue weighted by molar-refractivity contribution is 8.19. The van der Waals surface area contributed by atoms with Crippen molar-refractivity contribution in [2.45, 2.75) is 22.2 Å². The van der Waals surface area contributed by atoms with Crippen LogP contribution in [-0.4, -0.2) is 49.9 Å². The van der Waals surface area contributed by atoms with Crippen LogP contribution >= 0.6 is 35.9 Å². The van der Waals surface area contributed by atoms with Crippen LogP contribution in [0.1, 0.15) is 23.0 Å². The first kappa shape index (κ1) is 20.9. The average molecular weight is 423 g/mol. The van der Waals surface area contributed by atoms with Gasteiger partial charge in [0.1, 0.15) is 0 Å². The van der Waals surface area contributed by atoms with Crippen molar-refractivity contribution in [2.24, 2.45) is 0 Å². The Labute approximate surface area is 163 Å². The molecule has 0 aliphatic carbocycles. The molecule has 1 aromatic carbocycles. The summed E-state index contributed by atoms with van der Waals surface area (Å²) in [7, 11) is -3.49. The quantitative estimate of drug-likeness (QED) is 0.776. The highest BCUT2D eigenvalue weighted by Gasteiger charge is 2.48. The van der Waals surface area contributed by atoms with Crippen LogP contribution in [0.15, 0.2) is 24.3 Å². The molecule has 0 bridgehead atoms. The lowest BCUT2D eigenvalue weighted by Crippen LogP contribution is -2.55. The molecule has 3 rings (SSSR count). The monoisotopic (exact) mass is 422 g/mol. The SMILES string of the molecule is CS(=O)(=O)C1(C(=O)Nc2cccc(C3SCCS3)c2)CCNCC1.Cl. The van der Waals surface area contributed by atoms with Crippen molar-refractivity contribution in [1.82, 2.24) is 5.32 Å². The fraction of sp³-hybridized carbons (Fsp3) is 0.562. The van der Waals surface area contributed by atoms with E-state index in [0.717, 1.165) is 11.5 Å². The summed E-state index contributed by atoms with van der Waals surface area (Å²) < 4.78 is 23.7. The molecule has 2 fully saturated rings. The summed E-state index contributed by atoms with van der Waals surface area (Å²) in [4.78, 5) is 12.8. The van der Waals surface area contributed by atoms with Gasteiger partial charge in [0, 0.05) is 23.4 Å². The molecule has 9 heteroatoms. The van der Waals surface area contributed by atoms with Crippen LogP contribution in [0.3, 0.4) is 0 Å². The normalized spacial score (nSPS) is 20.7. The summed E-state index contributed by atoms with van der Waals surface area (Å²) in [5, 5.41) is 5.99. The van der Waals surface area contributed by atoms with E-state index in [2.05, 4.69) is 16.7 Å². The van der Waals surface area contributed by atoms with Crippen molar-refractivity contribution in [3.05, 3.63) is 29.8 Å². The topological polar surface area (TPSA) is 75.3 Å². The lowest BCUT2D eigenvalue weighted by atomic mass is 9.95. The molecule has 5 nitrogen and oxygen atoms in total. The minimum absolute atomic E-state index is 0. The van der Waals surface area contributed by atoms with E-state index in [9.17, 15) is 13.2 Å². The predicted octanol–water partition coefficient (Wildman–Crippen LogP) is 2.69. The van der Waals surface area contributed by atoms with Gasteiger partial charge in [-0.05, 0) is 43.6 Å². The second kappa shape index (κ2) is 8.52. The fourth-order valence-electron chi connectivity index (χ4n) is 3.16. The Morgan fingerprint density at radius 2 is 1.88 bits per heavy atom. The summed E-state index contributed by atoms with van der Waals surface area (Å²) in [5.41, 5.74) is 1.84. The molecule has 1 amide bonds. The van der Waals surface area contributed by atoms with Gasteiger partial charge in [-0.1, -0.05) is 12.1 Å². The molecule has 2 aliphatic heterocycles. The minimum atomic E-state index is -3.49. The summed E-state index contributed by atoms with van der Waals surface area (Å²) in [6, 6.07) is 7.76. The second-order valence-electron chi connectivity index (χ2n) is 6.17. The third-order valence-corrected chi connectivity index (χ3v) is 9.69. The number of hydrogen-bond donors (Lipinski definition) is 2. The first-order valence-electron chi connectivity index (χ1n) is 7.97. The Hall–Kier alpha value is -0.410. The fourth-order valence-corrected chi connectivity index (χ4v) is 7.33. The molecule has 1 aromatic rings. The maximum absolute atomic E-state index is 12.8. The summed E-state index contributed by atoms with van der Waals surface area (Å²) in [6.07, 6.45) is 1.79. The number of sulfone groups is 1. The van der Waals surface area contributed by atoms with Gasteiger partial charge in [-0.2, -0.15) is 0 Å². The number of amides is 1. The number of anilines is 1. The first-order valence-corrected chi connectivity index (χ1v) is 12.0. The van der Waals surface area contributed by atoms with Gasteiger partial charge in [0.05, 0.1) is 4.58 Å². The van der Waals surface area contributed by atoms with Gasteiger partial charge in [0.25, 0.3) is 0 Å². The average Bonchev–Trinajstić information content (AvgIpc) is 3.09. The zero-order valence-electron chi connectivity index (χ0n) is 14.0. The van der Waals surface area contributed by atoms with Gasteiger partial charge in [0.2, 0.25) is 5.91 Å². The molecule has 0 aromatic heterocycles. The van der Waals surface area contributed by atoms with E-state index < -0.39 is 20.5 Å². The molecule has 0 radical (unpaired) electrons. The number of rotatable bonds is 4. The minimum Gasteiger partial charge on any atom is -0.325 e. The van der Waals surface area contributed by atoms with Gasteiger partial charge < -0.3 is 10.6 Å². The Bertz CT molecular complexity index is 715. The number of halogens is 1. The Balaban J connectivity index is 0.00000225. The van der Waals surface area contributed by atoms with Crippen LogP contribution in [0.25, 0.3) is 0 Å². The van der Waals surface area contributed by atoms with Crippen LogP contribution in [-0.2, 0) is 14.6 Å². The molecule has 2 saturated heterocycles. The Kier molecular flexibility index (Phi) is 7.12. The standard InChI is InChI=1S/C16H22N2O3S3.ClH/c1-24(20,21)16(5-7-17-8-6-16)15(19)18-13-4-2-3-12(11-13)14-22-9-10-23-14;/h2-4,11,14,17H,5-10H2,1H3,(H,18,19);1H. The van der Waals surface area contributed by atoms with Gasteiger partial charge in [-0.15, -0.1) is 35.9 Å². The summed E-state index contributed by atoms with van der Waals surface area (Å²) in [6.45, 7) is 1.08. The highest BCUT2D eigenvalue weighted by Crippen LogP contribution is 2.45. The van der Waals surface area contributed by atoms with Crippen LogP contribution < -0.4 is 10.6 Å². The van der Waals surface area contributed by atoms with Crippen molar-refractivity contribution in [3.8, 4) is 0 Å². The molecule has 2 aliphatic rings. The number of hydrogen-bond acceptors (Lipinski definition) is 6. The van der Waals surface area contributed by atoms with Crippen LogP contribution in [0.4, 0.5) is 5.69 Å². The second-order valence-corrected chi connectivity index (χ2v) is 11.2. The number of carbonyl (C=O) groups excluding carboxylic acids is 1. The Morgan fingerprint density at radius 3 is 2.48 bits per heavy atom. The van der Waals surface area contributed by atoms with E-state index in [1.165, 1.54) is 11.8 Å². The van der Waals surface area contributed by atoms with Gasteiger partial charge >= 0.3 is 0 Å². The van der Waals surface area contributed by atoms with Crippen LogP contribution in [0.2, 0.25) is 0 Å². The van der Waals surface area contributed by atoms with Crippen molar-refractivity contribution in [1.29, 1.82) is 0 Å². The zero-order valence-corrected chi connectivity index (χ0v) is 17.3. The van der Waals surface area contributed by atoms with Crippen molar-refractivity contribution < 1.29 is 13.2 Å². The smallest absolute Gasteiger partial charge is 0.245 e. The third-order valence-electron chi connectivity index (χ3n) is 4.57. The first-order chi connectivity index (χ1) is 11.4. The molecular weight excluding hydrogens is 400 g/mol. The third kappa shape index (κ3) is 4.47. The molecule has 0 spiro atoms. The highest BCUT2D eigenvalue weighted by atomic mass is 35.5. The zero-order chi connectivity index (χ0) is 17.2. The maximum atomic E-state index is 12.8. The summed E-state index contributed by atoms with van der Waals surface area (Å²) >= 11 is 3.80. The van der Waals surface area contributed by atoms with Crippen LogP contribution in [0, 0.1) is 0 Å². The van der Waals surface area contributed by atoms with E-state index in [1.54, 1.807) is 0 Å². The van der Waals surface area contributed by atoms with Crippen molar-refractivity contribution in [3.63, 3.8) is 0 Å². The summed E-state index contributed by atoms with van der Waals surface area (Å²) in [5.74, 6) is 1.86. The van der Waals surface area contributed by atoms with E-state index in [1.807, 2.05) is 41.7 Å². The van der Waals surface area contributed by atoms with Crippen LogP contribution in [0.5, 0.6) is 0 Å². The maximum Gasteiger partial charge on any atom is 0.245 e. The van der Waals surface area contributed by atoms with E-state index >= 15 is 0 Å². The van der Waals surface area contributed by atoms with Crippen molar-refractivity contribution in [2.75, 3.05) is 36.2 Å². The number of thioether (sulfide) groups is 2. The molecule has 2 N–H and O–H groups in total. The molecule has 0 atom stereocenters. The molecular formula is C16H23ClN2O3S3. The number of piperidine rings is 1. The van der Waals surface area contributed by atoms with E-state index in [-0.39, 0.29) is 12.4 Å². The molecule has 0 unspecified atom stereocenters. The number of carbonyl (C=O) groups is 1. The van der Waals surface area contributed by atoms with Gasteiger partial charge in [0.15, 0.2) is 14.6 Å². The molecule has 140 valence electrons. The molecule has 25 heavy (non-hydrogen) atoms. The van der Waals surface area contributed by atoms with Gasteiger partial charge in [-0.25, -0.2) is 8.42 Å². The van der Waals surface area contributed by atoms with Crippen molar-refractivity contribution >= 4 is 57.4 Å². The van der Waals surface area contributed by atoms with E-state index in [0.29, 0.717) is 36.2 Å².